The van der Waals surface area contributed by atoms with Crippen molar-refractivity contribution in [3.63, 3.8) is 0 Å². The Bertz CT molecular complexity index is 1620. The monoisotopic (exact) mass is 543 g/mol. The van der Waals surface area contributed by atoms with Crippen LogP contribution in [0.2, 0.25) is 0 Å². The van der Waals surface area contributed by atoms with Gasteiger partial charge >= 0.3 is 17.9 Å². The van der Waals surface area contributed by atoms with Crippen molar-refractivity contribution >= 4 is 30.1 Å². The molecule has 9 nitrogen and oxygen atoms in total. The van der Waals surface area contributed by atoms with Crippen molar-refractivity contribution in [2.45, 2.75) is 0 Å². The minimum absolute atomic E-state index is 0.174. The summed E-state index contributed by atoms with van der Waals surface area (Å²) in [6.07, 6.45) is 12.5. The van der Waals surface area contributed by atoms with Crippen LogP contribution >= 0.6 is 0 Å². The summed E-state index contributed by atoms with van der Waals surface area (Å²) in [6, 6.07) is 21.3. The average Bonchev–Trinajstić information content (AvgIpc) is 3.02. The minimum Gasteiger partial charge on any atom is -0.423 e. The van der Waals surface area contributed by atoms with Gasteiger partial charge in [0.15, 0.2) is 0 Å². The van der Waals surface area contributed by atoms with Crippen molar-refractivity contribution in [3.8, 4) is 17.2 Å². The first kappa shape index (κ1) is 26.6. The fourth-order valence-electron chi connectivity index (χ4n) is 3.60. The highest BCUT2D eigenvalue weighted by Crippen LogP contribution is 2.26. The zero-order valence-corrected chi connectivity index (χ0v) is 21.4. The third-order valence-electron chi connectivity index (χ3n) is 5.57. The van der Waals surface area contributed by atoms with Gasteiger partial charge in [-0.1, -0.05) is 24.3 Å². The number of rotatable bonds is 8. The summed E-state index contributed by atoms with van der Waals surface area (Å²) < 4.78 is 16.5. The Kier molecular flexibility index (Phi) is 8.27. The number of hydrogen-bond donors (Lipinski definition) is 0. The summed E-state index contributed by atoms with van der Waals surface area (Å²) in [5, 5.41) is 0. The van der Waals surface area contributed by atoms with Crippen LogP contribution in [0.3, 0.4) is 0 Å². The first-order valence-electron chi connectivity index (χ1n) is 12.3. The van der Waals surface area contributed by atoms with E-state index in [-0.39, 0.29) is 22.6 Å². The van der Waals surface area contributed by atoms with Gasteiger partial charge in [-0.05, 0) is 71.8 Å². The van der Waals surface area contributed by atoms with Crippen LogP contribution in [0.5, 0.6) is 17.2 Å². The molecule has 9 heteroatoms. The average molecular weight is 544 g/mol. The van der Waals surface area contributed by atoms with Gasteiger partial charge in [-0.3, -0.25) is 15.0 Å². The number of pyridine rings is 3. The minimum atomic E-state index is -0.611. The van der Waals surface area contributed by atoms with Gasteiger partial charge in [0.05, 0.1) is 16.7 Å². The first-order chi connectivity index (χ1) is 20.0. The van der Waals surface area contributed by atoms with Crippen molar-refractivity contribution in [2.75, 3.05) is 0 Å². The van der Waals surface area contributed by atoms with Crippen LogP contribution in [0.25, 0.3) is 12.2 Å². The molecule has 0 amide bonds. The summed E-state index contributed by atoms with van der Waals surface area (Å²) >= 11 is 0. The normalized spacial score (nSPS) is 10.6. The SMILES string of the molecule is O=C(Oc1ccc(C=Cc2cc(OC(=O)c3cccnc3)cc(OC(=O)c3cccnc3)c2)cc1)c1cccnc1. The molecular weight excluding hydrogens is 522 g/mol. The molecule has 0 fully saturated rings. The van der Waals surface area contributed by atoms with E-state index in [1.54, 1.807) is 97.5 Å². The fourth-order valence-corrected chi connectivity index (χ4v) is 3.60. The van der Waals surface area contributed by atoms with E-state index in [4.69, 9.17) is 14.2 Å². The van der Waals surface area contributed by atoms with Gasteiger partial charge in [0, 0.05) is 43.2 Å². The van der Waals surface area contributed by atoms with Crippen LogP contribution in [-0.4, -0.2) is 32.9 Å². The van der Waals surface area contributed by atoms with Gasteiger partial charge in [0.2, 0.25) is 0 Å². The fraction of sp³-hybridized carbons (Fsp3) is 0. The number of carbonyl (C=O) groups excluding carboxylic acids is 3. The molecule has 200 valence electrons. The molecule has 5 aromatic rings. The number of hydrogen-bond acceptors (Lipinski definition) is 9. The molecule has 5 rings (SSSR count). The lowest BCUT2D eigenvalue weighted by Crippen LogP contribution is -2.11. The largest absolute Gasteiger partial charge is 0.423 e. The summed E-state index contributed by atoms with van der Waals surface area (Å²) in [5.74, 6) is -1.00. The molecule has 0 unspecified atom stereocenters. The highest BCUT2D eigenvalue weighted by atomic mass is 16.5. The Morgan fingerprint density at radius 2 is 0.902 bits per heavy atom. The summed E-state index contributed by atoms with van der Waals surface area (Å²) in [4.78, 5) is 49.3. The lowest BCUT2D eigenvalue weighted by molar-refractivity contribution is 0.0719. The Labute approximate surface area is 234 Å². The van der Waals surface area contributed by atoms with Crippen LogP contribution in [0.1, 0.15) is 42.2 Å². The standard InChI is InChI=1S/C32H21N3O6/c36-30(24-4-1-13-33-19-24)39-27-11-9-22(10-12-27)7-8-23-16-28(40-31(37)25-5-2-14-34-20-25)18-29(17-23)41-32(38)26-6-3-15-35-21-26/h1-21H. The van der Waals surface area contributed by atoms with E-state index in [2.05, 4.69) is 15.0 Å². The van der Waals surface area contributed by atoms with E-state index in [1.807, 2.05) is 6.08 Å². The maximum absolute atomic E-state index is 12.6. The topological polar surface area (TPSA) is 118 Å². The predicted molar refractivity (Wildman–Crippen MR) is 149 cm³/mol. The molecule has 0 N–H and O–H groups in total. The number of aromatic nitrogens is 3. The molecule has 2 aromatic carbocycles. The van der Waals surface area contributed by atoms with E-state index < -0.39 is 17.9 Å². The van der Waals surface area contributed by atoms with E-state index in [0.29, 0.717) is 16.9 Å². The number of benzene rings is 2. The van der Waals surface area contributed by atoms with Crippen LogP contribution in [-0.2, 0) is 0 Å². The van der Waals surface area contributed by atoms with Gasteiger partial charge in [-0.2, -0.15) is 0 Å². The number of ether oxygens (including phenoxy) is 3. The van der Waals surface area contributed by atoms with Crippen LogP contribution in [0.15, 0.2) is 116 Å². The van der Waals surface area contributed by atoms with Crippen molar-refractivity contribution in [2.24, 2.45) is 0 Å². The van der Waals surface area contributed by atoms with E-state index in [9.17, 15) is 14.4 Å². The van der Waals surface area contributed by atoms with Crippen molar-refractivity contribution in [3.05, 3.63) is 144 Å². The van der Waals surface area contributed by atoms with Crippen LogP contribution < -0.4 is 14.2 Å². The van der Waals surface area contributed by atoms with Crippen LogP contribution in [0.4, 0.5) is 0 Å². The Morgan fingerprint density at radius 3 is 1.32 bits per heavy atom. The van der Waals surface area contributed by atoms with E-state index in [0.717, 1.165) is 5.56 Å². The highest BCUT2D eigenvalue weighted by molar-refractivity contribution is 5.92. The maximum Gasteiger partial charge on any atom is 0.345 e. The molecule has 0 aliphatic rings. The lowest BCUT2D eigenvalue weighted by atomic mass is 10.1. The summed E-state index contributed by atoms with van der Waals surface area (Å²) in [7, 11) is 0. The smallest absolute Gasteiger partial charge is 0.345 e. The molecule has 3 heterocycles. The van der Waals surface area contributed by atoms with Gasteiger partial charge in [-0.25, -0.2) is 14.4 Å². The Balaban J connectivity index is 1.34. The van der Waals surface area contributed by atoms with Crippen molar-refractivity contribution in [1.29, 1.82) is 0 Å². The van der Waals surface area contributed by atoms with Gasteiger partial charge in [0.1, 0.15) is 17.2 Å². The maximum atomic E-state index is 12.6. The van der Waals surface area contributed by atoms with Gasteiger partial charge in [-0.15, -0.1) is 0 Å². The third-order valence-corrected chi connectivity index (χ3v) is 5.57. The second-order valence-corrected chi connectivity index (χ2v) is 8.53. The second-order valence-electron chi connectivity index (χ2n) is 8.53. The molecular formula is C32H21N3O6. The molecule has 3 aromatic heterocycles. The molecule has 0 saturated carbocycles. The van der Waals surface area contributed by atoms with Gasteiger partial charge < -0.3 is 14.2 Å². The van der Waals surface area contributed by atoms with Crippen molar-refractivity contribution < 1.29 is 28.6 Å². The molecule has 0 aliphatic heterocycles. The molecule has 0 bridgehead atoms. The van der Waals surface area contributed by atoms with Gasteiger partial charge in [0.25, 0.3) is 0 Å². The number of nitrogens with zero attached hydrogens (tertiary/aromatic N) is 3. The molecule has 0 aliphatic carbocycles. The first-order valence-corrected chi connectivity index (χ1v) is 12.3. The molecule has 0 radical (unpaired) electrons. The number of carbonyl (C=O) groups is 3. The Morgan fingerprint density at radius 1 is 0.488 bits per heavy atom. The zero-order valence-electron chi connectivity index (χ0n) is 21.4. The summed E-state index contributed by atoms with van der Waals surface area (Å²) in [6.45, 7) is 0. The third kappa shape index (κ3) is 7.33. The van der Waals surface area contributed by atoms with Crippen LogP contribution in [0, 0.1) is 0 Å². The van der Waals surface area contributed by atoms with Crippen molar-refractivity contribution in [1.82, 2.24) is 15.0 Å². The summed E-state index contributed by atoms with van der Waals surface area (Å²) in [5.41, 5.74) is 2.29. The molecule has 0 atom stereocenters. The molecule has 0 spiro atoms. The second kappa shape index (κ2) is 12.7. The van der Waals surface area contributed by atoms with E-state index >= 15 is 0 Å². The lowest BCUT2D eigenvalue weighted by Gasteiger charge is -2.09. The molecule has 41 heavy (non-hydrogen) atoms. The number of esters is 3. The zero-order chi connectivity index (χ0) is 28.4. The predicted octanol–water partition coefficient (Wildman–Crippen LogP) is 5.70. The highest BCUT2D eigenvalue weighted by Gasteiger charge is 2.14. The molecule has 0 saturated heterocycles. The Hall–Kier alpha value is -5.96. The quantitative estimate of drug-likeness (QED) is 0.138. The van der Waals surface area contributed by atoms with E-state index in [1.165, 1.54) is 24.7 Å².